The fourth-order valence-electron chi connectivity index (χ4n) is 2.92. The molecule has 3 aromatic carbocycles. The molecular weight excluding hydrogens is 312 g/mol. The lowest BCUT2D eigenvalue weighted by molar-refractivity contribution is 0.102. The van der Waals surface area contributed by atoms with Gasteiger partial charge in [-0.1, -0.05) is 36.4 Å². The van der Waals surface area contributed by atoms with Gasteiger partial charge in [0, 0.05) is 29.0 Å². The number of hydrogen-bond acceptors (Lipinski definition) is 3. The van der Waals surface area contributed by atoms with Gasteiger partial charge in [0.25, 0.3) is 5.91 Å². The van der Waals surface area contributed by atoms with Crippen LogP contribution in [0.4, 0.5) is 11.4 Å². The van der Waals surface area contributed by atoms with Crippen LogP contribution in [0, 0.1) is 0 Å². The number of nitrogens with one attached hydrogen (secondary N) is 1. The Labute approximate surface area is 146 Å². The van der Waals surface area contributed by atoms with Crippen LogP contribution >= 0.6 is 0 Å². The normalized spacial score (nSPS) is 12.9. The zero-order chi connectivity index (χ0) is 17.1. The molecule has 3 aromatic rings. The van der Waals surface area contributed by atoms with E-state index in [2.05, 4.69) is 22.3 Å². The lowest BCUT2D eigenvalue weighted by Gasteiger charge is -2.31. The van der Waals surface area contributed by atoms with Gasteiger partial charge in [-0.3, -0.25) is 4.79 Å². The fraction of sp³-hybridized carbons (Fsp3) is 0.0952. The van der Waals surface area contributed by atoms with Gasteiger partial charge in [-0.2, -0.15) is 0 Å². The van der Waals surface area contributed by atoms with Crippen LogP contribution in [0.2, 0.25) is 0 Å². The molecule has 25 heavy (non-hydrogen) atoms. The van der Waals surface area contributed by atoms with Gasteiger partial charge < -0.3 is 15.0 Å². The number of carbonyl (C=O) groups excluding carboxylic acids is 1. The molecule has 0 radical (unpaired) electrons. The quantitative estimate of drug-likeness (QED) is 0.779. The molecule has 0 fully saturated rings. The van der Waals surface area contributed by atoms with E-state index in [4.69, 9.17) is 4.74 Å². The maximum atomic E-state index is 12.3. The van der Waals surface area contributed by atoms with Crippen molar-refractivity contribution in [3.05, 3.63) is 90.0 Å². The highest BCUT2D eigenvalue weighted by Crippen LogP contribution is 2.30. The predicted octanol–water partition coefficient (Wildman–Crippen LogP) is 4.30. The van der Waals surface area contributed by atoms with Crippen molar-refractivity contribution < 1.29 is 9.53 Å². The number of hydrogen-bond donors (Lipinski definition) is 1. The maximum Gasteiger partial charge on any atom is 0.255 e. The second-order valence-corrected chi connectivity index (χ2v) is 5.95. The number of ether oxygens (including phenoxy) is 1. The van der Waals surface area contributed by atoms with Crippen molar-refractivity contribution in [2.24, 2.45) is 0 Å². The van der Waals surface area contributed by atoms with E-state index in [-0.39, 0.29) is 5.91 Å². The van der Waals surface area contributed by atoms with Crippen LogP contribution in [-0.2, 0) is 6.54 Å². The van der Waals surface area contributed by atoms with Crippen molar-refractivity contribution in [1.82, 2.24) is 0 Å². The van der Waals surface area contributed by atoms with Gasteiger partial charge in [-0.25, -0.2) is 0 Å². The molecular formula is C21H18N2O2. The number of anilines is 2. The standard InChI is InChI=1S/C21H18N2O2/c24-21(16-7-3-1-4-8-16)22-18-11-12-20-17(13-18)14-23(15-25-20)19-9-5-2-6-10-19/h1-13H,14-15H2,(H,22,24). The summed E-state index contributed by atoms with van der Waals surface area (Å²) in [5.74, 6) is 0.752. The first-order valence-corrected chi connectivity index (χ1v) is 8.22. The smallest absolute Gasteiger partial charge is 0.255 e. The number of nitrogens with zero attached hydrogens (tertiary/aromatic N) is 1. The Balaban J connectivity index is 1.53. The summed E-state index contributed by atoms with van der Waals surface area (Å²) < 4.78 is 5.85. The summed E-state index contributed by atoms with van der Waals surface area (Å²) in [6.45, 7) is 1.27. The summed E-state index contributed by atoms with van der Waals surface area (Å²) in [5, 5.41) is 2.95. The molecule has 0 bridgehead atoms. The third kappa shape index (κ3) is 3.33. The van der Waals surface area contributed by atoms with E-state index in [0.717, 1.165) is 29.2 Å². The van der Waals surface area contributed by atoms with E-state index in [1.807, 2.05) is 54.6 Å². The molecule has 0 saturated heterocycles. The van der Waals surface area contributed by atoms with Gasteiger partial charge >= 0.3 is 0 Å². The van der Waals surface area contributed by atoms with Gasteiger partial charge in [0.05, 0.1) is 0 Å². The van der Waals surface area contributed by atoms with Crippen LogP contribution in [-0.4, -0.2) is 12.6 Å². The minimum absolute atomic E-state index is 0.114. The molecule has 1 N–H and O–H groups in total. The first kappa shape index (κ1) is 15.3. The average Bonchev–Trinajstić information content (AvgIpc) is 2.69. The highest BCUT2D eigenvalue weighted by atomic mass is 16.5. The van der Waals surface area contributed by atoms with Gasteiger partial charge in [0.1, 0.15) is 5.75 Å². The molecule has 4 heteroatoms. The Hall–Kier alpha value is -3.27. The summed E-state index contributed by atoms with van der Waals surface area (Å²) in [6, 6.07) is 25.1. The number of para-hydroxylation sites is 1. The Bertz CT molecular complexity index is 879. The Morgan fingerprint density at radius 3 is 2.40 bits per heavy atom. The third-order valence-corrected chi connectivity index (χ3v) is 4.21. The maximum absolute atomic E-state index is 12.3. The number of fused-ring (bicyclic) bond motifs is 1. The molecule has 1 amide bonds. The molecule has 1 aliphatic heterocycles. The first-order chi connectivity index (χ1) is 12.3. The van der Waals surface area contributed by atoms with Crippen LogP contribution in [0.3, 0.4) is 0 Å². The molecule has 0 atom stereocenters. The highest BCUT2D eigenvalue weighted by molar-refractivity contribution is 6.04. The fourth-order valence-corrected chi connectivity index (χ4v) is 2.92. The van der Waals surface area contributed by atoms with Gasteiger partial charge in [-0.15, -0.1) is 0 Å². The summed E-state index contributed by atoms with van der Waals surface area (Å²) in [6.07, 6.45) is 0. The van der Waals surface area contributed by atoms with Gasteiger partial charge in [0.15, 0.2) is 6.73 Å². The molecule has 1 aliphatic rings. The second kappa shape index (κ2) is 6.69. The summed E-state index contributed by atoms with van der Waals surface area (Å²) >= 11 is 0. The summed E-state index contributed by atoms with van der Waals surface area (Å²) in [5.41, 5.74) is 3.58. The molecule has 124 valence electrons. The van der Waals surface area contributed by atoms with Crippen LogP contribution < -0.4 is 15.0 Å². The van der Waals surface area contributed by atoms with Crippen molar-refractivity contribution >= 4 is 17.3 Å². The van der Waals surface area contributed by atoms with Crippen molar-refractivity contribution in [3.8, 4) is 5.75 Å². The van der Waals surface area contributed by atoms with E-state index < -0.39 is 0 Å². The Morgan fingerprint density at radius 1 is 0.920 bits per heavy atom. The monoisotopic (exact) mass is 330 g/mol. The van der Waals surface area contributed by atoms with Crippen molar-refractivity contribution in [2.75, 3.05) is 16.9 Å². The topological polar surface area (TPSA) is 41.6 Å². The Morgan fingerprint density at radius 2 is 1.64 bits per heavy atom. The largest absolute Gasteiger partial charge is 0.473 e. The molecule has 4 rings (SSSR count). The zero-order valence-corrected chi connectivity index (χ0v) is 13.7. The molecule has 0 spiro atoms. The van der Waals surface area contributed by atoms with Gasteiger partial charge in [-0.05, 0) is 42.5 Å². The van der Waals surface area contributed by atoms with Crippen molar-refractivity contribution in [3.63, 3.8) is 0 Å². The molecule has 1 heterocycles. The predicted molar refractivity (Wildman–Crippen MR) is 99.0 cm³/mol. The van der Waals surface area contributed by atoms with E-state index in [1.165, 1.54) is 0 Å². The van der Waals surface area contributed by atoms with E-state index in [9.17, 15) is 4.79 Å². The lowest BCUT2D eigenvalue weighted by atomic mass is 10.1. The minimum atomic E-state index is -0.114. The Kier molecular flexibility index (Phi) is 4.09. The van der Waals surface area contributed by atoms with Crippen LogP contribution in [0.25, 0.3) is 0 Å². The second-order valence-electron chi connectivity index (χ2n) is 5.95. The average molecular weight is 330 g/mol. The molecule has 0 unspecified atom stereocenters. The molecule has 4 nitrogen and oxygen atoms in total. The minimum Gasteiger partial charge on any atom is -0.473 e. The van der Waals surface area contributed by atoms with Crippen LogP contribution in [0.5, 0.6) is 5.75 Å². The first-order valence-electron chi connectivity index (χ1n) is 8.22. The van der Waals surface area contributed by atoms with E-state index >= 15 is 0 Å². The number of amides is 1. The number of carbonyl (C=O) groups is 1. The molecule has 0 saturated carbocycles. The zero-order valence-electron chi connectivity index (χ0n) is 13.7. The summed E-state index contributed by atoms with van der Waals surface area (Å²) in [7, 11) is 0. The molecule has 0 aromatic heterocycles. The lowest BCUT2D eigenvalue weighted by Crippen LogP contribution is -2.31. The van der Waals surface area contributed by atoms with Gasteiger partial charge in [0.2, 0.25) is 0 Å². The van der Waals surface area contributed by atoms with Crippen molar-refractivity contribution in [1.29, 1.82) is 0 Å². The molecule has 0 aliphatic carbocycles. The third-order valence-electron chi connectivity index (χ3n) is 4.21. The SMILES string of the molecule is O=C(Nc1ccc2c(c1)CN(c1ccccc1)CO2)c1ccccc1. The number of rotatable bonds is 3. The van der Waals surface area contributed by atoms with Crippen molar-refractivity contribution in [2.45, 2.75) is 6.54 Å². The van der Waals surface area contributed by atoms with Crippen LogP contribution in [0.1, 0.15) is 15.9 Å². The van der Waals surface area contributed by atoms with E-state index in [1.54, 1.807) is 12.1 Å². The van der Waals surface area contributed by atoms with Crippen LogP contribution in [0.15, 0.2) is 78.9 Å². The summed E-state index contributed by atoms with van der Waals surface area (Å²) in [4.78, 5) is 14.5. The van der Waals surface area contributed by atoms with E-state index in [0.29, 0.717) is 12.3 Å². The number of benzene rings is 3. The highest BCUT2D eigenvalue weighted by Gasteiger charge is 2.18.